The van der Waals surface area contributed by atoms with Crippen LogP contribution in [0.15, 0.2) is 28.2 Å². The van der Waals surface area contributed by atoms with Crippen LogP contribution in [0.1, 0.15) is 27.4 Å². The summed E-state index contributed by atoms with van der Waals surface area (Å²) in [6.07, 6.45) is 2.43. The van der Waals surface area contributed by atoms with E-state index >= 15 is 0 Å². The van der Waals surface area contributed by atoms with E-state index in [0.29, 0.717) is 30.4 Å². The minimum absolute atomic E-state index is 0. The Morgan fingerprint density at radius 1 is 1.46 bits per heavy atom. The third-order valence-corrected chi connectivity index (χ3v) is 4.59. The number of oxazole rings is 1. The minimum atomic E-state index is -0.202. The number of H-pyrrole nitrogens is 1. The average molecular weight is 366 g/mol. The number of aromatic amines is 1. The van der Waals surface area contributed by atoms with Crippen molar-refractivity contribution in [3.05, 3.63) is 46.4 Å². The molecule has 1 aliphatic heterocycles. The zero-order valence-electron chi connectivity index (χ0n) is 12.7. The highest BCUT2D eigenvalue weighted by Gasteiger charge is 2.21. The SMILES string of the molecule is Cl.O=C(NCc1coc(-c2cccs2)n1)c1n[nH]c2c1CNCC2. The van der Waals surface area contributed by atoms with Crippen molar-refractivity contribution in [1.29, 1.82) is 0 Å². The molecule has 0 atom stereocenters. The van der Waals surface area contributed by atoms with Gasteiger partial charge in [-0.2, -0.15) is 5.10 Å². The number of thiophene rings is 1. The van der Waals surface area contributed by atoms with E-state index in [1.54, 1.807) is 17.6 Å². The van der Waals surface area contributed by atoms with Gasteiger partial charge >= 0.3 is 0 Å². The fourth-order valence-corrected chi connectivity index (χ4v) is 3.22. The maximum Gasteiger partial charge on any atom is 0.272 e. The summed E-state index contributed by atoms with van der Waals surface area (Å²) in [4.78, 5) is 17.7. The zero-order valence-corrected chi connectivity index (χ0v) is 14.3. The van der Waals surface area contributed by atoms with Crippen molar-refractivity contribution in [3.63, 3.8) is 0 Å². The van der Waals surface area contributed by atoms with Crippen LogP contribution in [0.2, 0.25) is 0 Å². The lowest BCUT2D eigenvalue weighted by Crippen LogP contribution is -2.28. The standard InChI is InChI=1S/C15H15N5O2S.ClH/c21-14(13-10-7-16-4-3-11(10)19-20-13)17-6-9-8-22-15(18-9)12-2-1-5-23-12;/h1-2,5,8,16H,3-4,6-7H2,(H,17,21)(H,19,20);1H. The van der Waals surface area contributed by atoms with E-state index in [1.807, 2.05) is 17.5 Å². The van der Waals surface area contributed by atoms with Crippen LogP contribution in [0.25, 0.3) is 10.8 Å². The van der Waals surface area contributed by atoms with Gasteiger partial charge in [-0.25, -0.2) is 4.98 Å². The fraction of sp³-hybridized carbons (Fsp3) is 0.267. The molecule has 0 radical (unpaired) electrons. The lowest BCUT2D eigenvalue weighted by molar-refractivity contribution is 0.0944. The Morgan fingerprint density at radius 2 is 2.38 bits per heavy atom. The van der Waals surface area contributed by atoms with Crippen molar-refractivity contribution in [3.8, 4) is 10.8 Å². The highest BCUT2D eigenvalue weighted by Crippen LogP contribution is 2.23. The summed E-state index contributed by atoms with van der Waals surface area (Å²) in [5.74, 6) is 0.373. The van der Waals surface area contributed by atoms with Crippen LogP contribution in [0.4, 0.5) is 0 Å². The van der Waals surface area contributed by atoms with Crippen LogP contribution in [0, 0.1) is 0 Å². The van der Waals surface area contributed by atoms with Crippen LogP contribution in [-0.2, 0) is 19.5 Å². The van der Waals surface area contributed by atoms with Crippen molar-refractivity contribution in [2.75, 3.05) is 6.54 Å². The smallest absolute Gasteiger partial charge is 0.272 e. The van der Waals surface area contributed by atoms with Gasteiger partial charge in [0, 0.05) is 30.8 Å². The van der Waals surface area contributed by atoms with Crippen molar-refractivity contribution in [2.45, 2.75) is 19.5 Å². The number of nitrogens with zero attached hydrogens (tertiary/aromatic N) is 2. The van der Waals surface area contributed by atoms with Gasteiger partial charge in [0.05, 0.1) is 17.1 Å². The quantitative estimate of drug-likeness (QED) is 0.658. The largest absolute Gasteiger partial charge is 0.443 e. The summed E-state index contributed by atoms with van der Waals surface area (Å²) in [6.45, 7) is 1.88. The molecule has 0 saturated heterocycles. The maximum atomic E-state index is 12.3. The Bertz CT molecular complexity index is 827. The van der Waals surface area contributed by atoms with Gasteiger partial charge in [-0.3, -0.25) is 9.89 Å². The number of amides is 1. The third-order valence-electron chi connectivity index (χ3n) is 3.74. The molecule has 3 aromatic rings. The Kier molecular flexibility index (Phi) is 4.98. The Balaban J connectivity index is 0.00000169. The molecule has 126 valence electrons. The summed E-state index contributed by atoms with van der Waals surface area (Å²) >= 11 is 1.56. The van der Waals surface area contributed by atoms with Crippen molar-refractivity contribution in [2.24, 2.45) is 0 Å². The number of hydrogen-bond acceptors (Lipinski definition) is 6. The van der Waals surface area contributed by atoms with E-state index in [-0.39, 0.29) is 18.3 Å². The fourth-order valence-electron chi connectivity index (χ4n) is 2.57. The third kappa shape index (κ3) is 3.21. The Hall–Kier alpha value is -2.16. The van der Waals surface area contributed by atoms with Crippen molar-refractivity contribution in [1.82, 2.24) is 25.8 Å². The molecule has 3 aromatic heterocycles. The molecule has 3 N–H and O–H groups in total. The van der Waals surface area contributed by atoms with Crippen LogP contribution in [0.5, 0.6) is 0 Å². The lowest BCUT2D eigenvalue weighted by atomic mass is 10.1. The molecule has 1 amide bonds. The second-order valence-corrected chi connectivity index (χ2v) is 6.21. The van der Waals surface area contributed by atoms with Gasteiger partial charge in [0.15, 0.2) is 5.69 Å². The summed E-state index contributed by atoms with van der Waals surface area (Å²) < 4.78 is 5.44. The molecule has 4 heterocycles. The number of carbonyl (C=O) groups is 1. The van der Waals surface area contributed by atoms with E-state index in [2.05, 4.69) is 25.8 Å². The van der Waals surface area contributed by atoms with Crippen molar-refractivity contribution < 1.29 is 9.21 Å². The molecule has 0 bridgehead atoms. The zero-order chi connectivity index (χ0) is 15.6. The monoisotopic (exact) mass is 365 g/mol. The van der Waals surface area contributed by atoms with Gasteiger partial charge in [0.1, 0.15) is 6.26 Å². The first kappa shape index (κ1) is 16.7. The number of carbonyl (C=O) groups excluding carboxylic acids is 1. The number of rotatable bonds is 4. The van der Waals surface area contributed by atoms with E-state index < -0.39 is 0 Å². The molecule has 0 aromatic carbocycles. The number of hydrogen-bond donors (Lipinski definition) is 3. The van der Waals surface area contributed by atoms with Crippen molar-refractivity contribution >= 4 is 29.7 Å². The Labute approximate surface area is 148 Å². The highest BCUT2D eigenvalue weighted by molar-refractivity contribution is 7.13. The van der Waals surface area contributed by atoms with E-state index in [4.69, 9.17) is 4.42 Å². The van der Waals surface area contributed by atoms with Gasteiger partial charge in [0.2, 0.25) is 5.89 Å². The molecule has 0 aliphatic carbocycles. The van der Waals surface area contributed by atoms with Gasteiger partial charge in [-0.15, -0.1) is 23.7 Å². The predicted molar refractivity (Wildman–Crippen MR) is 92.2 cm³/mol. The second-order valence-electron chi connectivity index (χ2n) is 5.26. The predicted octanol–water partition coefficient (Wildman–Crippen LogP) is 2.12. The molecular formula is C15H16ClN5O2S. The van der Waals surface area contributed by atoms with E-state index in [0.717, 1.165) is 29.1 Å². The molecule has 7 nitrogen and oxygen atoms in total. The maximum absolute atomic E-state index is 12.3. The average Bonchev–Trinajstić information content (AvgIpc) is 3.31. The summed E-state index contributed by atoms with van der Waals surface area (Å²) in [5.41, 5.74) is 3.13. The summed E-state index contributed by atoms with van der Waals surface area (Å²) in [5, 5.41) is 15.1. The normalized spacial score (nSPS) is 13.2. The molecule has 1 aliphatic rings. The molecular weight excluding hydrogens is 350 g/mol. The van der Waals surface area contributed by atoms with Crippen LogP contribution < -0.4 is 10.6 Å². The first-order valence-corrected chi connectivity index (χ1v) is 8.22. The van der Waals surface area contributed by atoms with Gasteiger partial charge in [0.25, 0.3) is 5.91 Å². The minimum Gasteiger partial charge on any atom is -0.443 e. The van der Waals surface area contributed by atoms with Crippen LogP contribution in [0.3, 0.4) is 0 Å². The molecule has 9 heteroatoms. The van der Waals surface area contributed by atoms with Crippen LogP contribution >= 0.6 is 23.7 Å². The van der Waals surface area contributed by atoms with Gasteiger partial charge in [-0.05, 0) is 11.4 Å². The first-order valence-electron chi connectivity index (χ1n) is 7.34. The van der Waals surface area contributed by atoms with E-state index in [1.165, 1.54) is 0 Å². The molecule has 0 fully saturated rings. The summed E-state index contributed by atoms with van der Waals surface area (Å²) in [6, 6.07) is 3.89. The van der Waals surface area contributed by atoms with Crippen LogP contribution in [-0.4, -0.2) is 27.6 Å². The summed E-state index contributed by atoms with van der Waals surface area (Å²) in [7, 11) is 0. The van der Waals surface area contributed by atoms with Gasteiger partial charge in [-0.1, -0.05) is 6.07 Å². The topological polar surface area (TPSA) is 95.8 Å². The number of aromatic nitrogens is 3. The number of fused-ring (bicyclic) bond motifs is 1. The Morgan fingerprint density at radius 3 is 3.21 bits per heavy atom. The molecule has 4 rings (SSSR count). The lowest BCUT2D eigenvalue weighted by Gasteiger charge is -2.12. The van der Waals surface area contributed by atoms with Gasteiger partial charge < -0.3 is 15.1 Å². The number of halogens is 1. The molecule has 24 heavy (non-hydrogen) atoms. The molecule has 0 saturated carbocycles. The molecule has 0 spiro atoms. The highest BCUT2D eigenvalue weighted by atomic mass is 35.5. The molecule has 0 unspecified atom stereocenters. The second kappa shape index (κ2) is 7.16. The number of nitrogens with one attached hydrogen (secondary N) is 3. The van der Waals surface area contributed by atoms with E-state index in [9.17, 15) is 4.79 Å². The first-order chi connectivity index (χ1) is 11.3.